The monoisotopic (exact) mass is 358 g/mol. The summed E-state index contributed by atoms with van der Waals surface area (Å²) < 4.78 is 39.7. The molecule has 0 bridgehead atoms. The van der Waals surface area contributed by atoms with Crippen molar-refractivity contribution in [3.8, 4) is 11.5 Å². The van der Waals surface area contributed by atoms with Gasteiger partial charge in [-0.2, -0.15) is 8.78 Å². The lowest BCUT2D eigenvalue weighted by Crippen LogP contribution is -2.50. The summed E-state index contributed by atoms with van der Waals surface area (Å²) in [6, 6.07) is 4.37. The van der Waals surface area contributed by atoms with Crippen LogP contribution in [0.15, 0.2) is 18.2 Å². The number of alkyl halides is 2. The van der Waals surface area contributed by atoms with Crippen LogP contribution in [0, 0.1) is 0 Å². The number of hydrogen-bond acceptors (Lipinski definition) is 5. The number of amides is 2. The summed E-state index contributed by atoms with van der Waals surface area (Å²) in [4.78, 5) is 27.3. The molecule has 1 saturated heterocycles. The van der Waals surface area contributed by atoms with Crippen LogP contribution in [-0.4, -0.2) is 68.3 Å². The zero-order chi connectivity index (χ0) is 18.4. The zero-order valence-electron chi connectivity index (χ0n) is 14.0. The van der Waals surface area contributed by atoms with Gasteiger partial charge in [-0.1, -0.05) is 6.07 Å². The van der Waals surface area contributed by atoms with Gasteiger partial charge in [0.25, 0.3) is 5.91 Å². The molecule has 0 N–H and O–H groups in total. The smallest absolute Gasteiger partial charge is 0.409 e. The van der Waals surface area contributed by atoms with Crippen molar-refractivity contribution in [1.29, 1.82) is 0 Å². The number of methoxy groups -OCH3 is 1. The van der Waals surface area contributed by atoms with Gasteiger partial charge in [-0.25, -0.2) is 4.79 Å². The number of para-hydroxylation sites is 1. The maximum atomic E-state index is 12.7. The summed E-state index contributed by atoms with van der Waals surface area (Å²) in [6.07, 6.45) is -0.433. The molecule has 1 fully saturated rings. The molecule has 0 unspecified atom stereocenters. The molecule has 1 aliphatic rings. The number of carbonyl (C=O) groups is 2. The molecule has 0 aliphatic carbocycles. The second-order valence-electron chi connectivity index (χ2n) is 5.19. The van der Waals surface area contributed by atoms with Gasteiger partial charge >= 0.3 is 12.7 Å². The Bertz CT molecular complexity index is 619. The average molecular weight is 358 g/mol. The molecule has 1 aromatic carbocycles. The van der Waals surface area contributed by atoms with Crippen molar-refractivity contribution in [2.45, 2.75) is 13.5 Å². The molecular formula is C16H20F2N2O5. The maximum absolute atomic E-state index is 12.7. The molecule has 1 heterocycles. The number of hydrogen-bond donors (Lipinski definition) is 0. The minimum atomic E-state index is -3.08. The van der Waals surface area contributed by atoms with Crippen molar-refractivity contribution < 1.29 is 32.6 Å². The summed E-state index contributed by atoms with van der Waals surface area (Å²) in [5.41, 5.74) is -0.00997. The Labute approximate surface area is 144 Å². The summed E-state index contributed by atoms with van der Waals surface area (Å²) in [6.45, 7) is 0.0511. The molecule has 7 nitrogen and oxygen atoms in total. The predicted molar refractivity (Wildman–Crippen MR) is 84.1 cm³/mol. The number of benzene rings is 1. The van der Waals surface area contributed by atoms with E-state index in [1.165, 1.54) is 35.1 Å². The molecule has 0 radical (unpaired) electrons. The fourth-order valence-corrected chi connectivity index (χ4v) is 2.53. The lowest BCUT2D eigenvalue weighted by molar-refractivity contribution is -0.0517. The van der Waals surface area contributed by atoms with Crippen molar-refractivity contribution in [2.24, 2.45) is 0 Å². The van der Waals surface area contributed by atoms with Crippen molar-refractivity contribution in [3.63, 3.8) is 0 Å². The third kappa shape index (κ3) is 4.49. The van der Waals surface area contributed by atoms with Crippen molar-refractivity contribution in [1.82, 2.24) is 9.80 Å². The first kappa shape index (κ1) is 18.8. The molecule has 2 rings (SSSR count). The lowest BCUT2D eigenvalue weighted by Gasteiger charge is -2.34. The van der Waals surface area contributed by atoms with E-state index in [2.05, 4.69) is 4.74 Å². The quantitative estimate of drug-likeness (QED) is 0.807. The molecule has 0 saturated carbocycles. The van der Waals surface area contributed by atoms with E-state index >= 15 is 0 Å². The zero-order valence-corrected chi connectivity index (χ0v) is 14.0. The van der Waals surface area contributed by atoms with Crippen LogP contribution < -0.4 is 9.47 Å². The largest absolute Gasteiger partial charge is 0.493 e. The fraction of sp³-hybridized carbons (Fsp3) is 0.500. The first-order chi connectivity index (χ1) is 12.0. The van der Waals surface area contributed by atoms with Crippen molar-refractivity contribution in [2.75, 3.05) is 39.9 Å². The van der Waals surface area contributed by atoms with Gasteiger partial charge in [-0.3, -0.25) is 4.79 Å². The van der Waals surface area contributed by atoms with Gasteiger partial charge in [0.15, 0.2) is 11.5 Å². The number of nitrogens with zero attached hydrogens (tertiary/aromatic N) is 2. The van der Waals surface area contributed by atoms with E-state index < -0.39 is 18.6 Å². The molecule has 0 atom stereocenters. The van der Waals surface area contributed by atoms with E-state index in [4.69, 9.17) is 9.47 Å². The summed E-state index contributed by atoms with van der Waals surface area (Å²) in [5, 5.41) is 0. The molecule has 1 aromatic rings. The Morgan fingerprint density at radius 1 is 1.16 bits per heavy atom. The summed E-state index contributed by atoms with van der Waals surface area (Å²) in [7, 11) is 1.31. The minimum absolute atomic E-state index is 0.00997. The average Bonchev–Trinajstić information content (AvgIpc) is 2.61. The van der Waals surface area contributed by atoms with Gasteiger partial charge in [0.05, 0.1) is 19.3 Å². The Balaban J connectivity index is 2.12. The number of ether oxygens (including phenoxy) is 3. The Hall–Kier alpha value is -2.58. The van der Waals surface area contributed by atoms with Gasteiger partial charge in [0, 0.05) is 26.2 Å². The van der Waals surface area contributed by atoms with Crippen LogP contribution in [0.4, 0.5) is 13.6 Å². The van der Waals surface area contributed by atoms with Crippen LogP contribution in [0.25, 0.3) is 0 Å². The first-order valence-corrected chi connectivity index (χ1v) is 7.80. The summed E-state index contributed by atoms with van der Waals surface area (Å²) >= 11 is 0. The first-order valence-electron chi connectivity index (χ1n) is 7.80. The van der Waals surface area contributed by atoms with Gasteiger partial charge in [0.2, 0.25) is 0 Å². The Morgan fingerprint density at radius 3 is 2.36 bits per heavy atom. The van der Waals surface area contributed by atoms with Gasteiger partial charge in [-0.05, 0) is 19.1 Å². The van der Waals surface area contributed by atoms with Gasteiger partial charge in [0.1, 0.15) is 0 Å². The van der Waals surface area contributed by atoms with Crippen molar-refractivity contribution >= 4 is 12.0 Å². The van der Waals surface area contributed by atoms with Crippen LogP contribution in [0.3, 0.4) is 0 Å². The Kier molecular flexibility index (Phi) is 6.37. The number of halogens is 2. The molecule has 138 valence electrons. The highest BCUT2D eigenvalue weighted by molar-refractivity contribution is 5.98. The van der Waals surface area contributed by atoms with Crippen molar-refractivity contribution in [3.05, 3.63) is 23.8 Å². The van der Waals surface area contributed by atoms with E-state index in [0.29, 0.717) is 13.1 Å². The highest BCUT2D eigenvalue weighted by atomic mass is 19.3. The van der Waals surface area contributed by atoms with Gasteiger partial charge in [-0.15, -0.1) is 0 Å². The number of carbonyl (C=O) groups excluding carboxylic acids is 2. The SMILES string of the molecule is CCOC(=O)N1CCN(C(=O)c2cccc(OC)c2OC(F)F)CC1. The van der Waals surface area contributed by atoms with E-state index in [0.717, 1.165) is 0 Å². The summed E-state index contributed by atoms with van der Waals surface area (Å²) in [5.74, 6) is -0.702. The van der Waals surface area contributed by atoms with E-state index in [1.54, 1.807) is 6.92 Å². The topological polar surface area (TPSA) is 68.3 Å². The standard InChI is InChI=1S/C16H20F2N2O5/c1-3-24-16(22)20-9-7-19(8-10-20)14(21)11-5-4-6-12(23-2)13(11)25-15(17)18/h4-6,15H,3,7-10H2,1-2H3. The molecule has 0 aromatic heterocycles. The third-order valence-electron chi connectivity index (χ3n) is 3.73. The molecular weight excluding hydrogens is 338 g/mol. The highest BCUT2D eigenvalue weighted by Gasteiger charge is 2.28. The van der Waals surface area contributed by atoms with Crippen LogP contribution in [0.1, 0.15) is 17.3 Å². The fourth-order valence-electron chi connectivity index (χ4n) is 2.53. The second kappa shape index (κ2) is 8.50. The van der Waals surface area contributed by atoms with Crippen LogP contribution in [0.2, 0.25) is 0 Å². The van der Waals surface area contributed by atoms with Crippen LogP contribution in [0.5, 0.6) is 11.5 Å². The third-order valence-corrected chi connectivity index (χ3v) is 3.73. The van der Waals surface area contributed by atoms with E-state index in [1.807, 2.05) is 0 Å². The Morgan fingerprint density at radius 2 is 1.80 bits per heavy atom. The highest BCUT2D eigenvalue weighted by Crippen LogP contribution is 2.33. The van der Waals surface area contributed by atoms with E-state index in [-0.39, 0.29) is 36.8 Å². The molecule has 2 amide bonds. The maximum Gasteiger partial charge on any atom is 0.409 e. The molecule has 0 spiro atoms. The lowest BCUT2D eigenvalue weighted by atomic mass is 10.1. The molecule has 1 aliphatic heterocycles. The number of rotatable bonds is 5. The second-order valence-corrected chi connectivity index (χ2v) is 5.19. The molecule has 9 heteroatoms. The minimum Gasteiger partial charge on any atom is -0.493 e. The number of piperazine rings is 1. The normalized spacial score (nSPS) is 14.4. The molecule has 25 heavy (non-hydrogen) atoms. The van der Waals surface area contributed by atoms with Crippen LogP contribution in [-0.2, 0) is 4.74 Å². The van der Waals surface area contributed by atoms with Crippen LogP contribution >= 0.6 is 0 Å². The van der Waals surface area contributed by atoms with Gasteiger partial charge < -0.3 is 24.0 Å². The van der Waals surface area contributed by atoms with E-state index in [9.17, 15) is 18.4 Å². The predicted octanol–water partition coefficient (Wildman–Crippen LogP) is 2.21.